The fraction of sp³-hybridized carbons (Fsp3) is 0.474. The summed E-state index contributed by atoms with van der Waals surface area (Å²) < 4.78 is 18.5. The first-order chi connectivity index (χ1) is 12.7. The first-order valence-corrected chi connectivity index (χ1v) is 9.22. The van der Waals surface area contributed by atoms with Gasteiger partial charge in [-0.3, -0.25) is 0 Å². The van der Waals surface area contributed by atoms with Crippen molar-refractivity contribution < 1.29 is 8.91 Å². The van der Waals surface area contributed by atoms with E-state index in [1.165, 1.54) is 30.5 Å². The van der Waals surface area contributed by atoms with Crippen LogP contribution >= 0.6 is 24.0 Å². The molecule has 1 saturated heterocycles. The Balaban J connectivity index is 0.00000210. The Morgan fingerprint density at radius 2 is 1.81 bits per heavy atom. The summed E-state index contributed by atoms with van der Waals surface area (Å²) >= 11 is 0. The highest BCUT2D eigenvalue weighted by Gasteiger charge is 2.21. The third-order valence-electron chi connectivity index (χ3n) is 5.22. The summed E-state index contributed by atoms with van der Waals surface area (Å²) in [5, 5.41) is 4.18. The molecule has 1 fully saturated rings. The summed E-state index contributed by atoms with van der Waals surface area (Å²) in [5.74, 6) is 1.36. The number of aryl methyl sites for hydroxylation is 1. The standard InChI is InChI=1S/C19H24FN5O.HI/c20-14-5-7-15(8-6-14)24-9-11-25(12-10-24)19(21)22-13-17-16-3-1-2-4-18(16)26-23-17;/h5-8H,1-4,9-13H2,(H2,21,22);1H. The van der Waals surface area contributed by atoms with Crippen molar-refractivity contribution in [3.05, 3.63) is 47.1 Å². The lowest BCUT2D eigenvalue weighted by Gasteiger charge is -2.36. The third-order valence-corrected chi connectivity index (χ3v) is 5.22. The summed E-state index contributed by atoms with van der Waals surface area (Å²) in [6.45, 7) is 3.73. The van der Waals surface area contributed by atoms with Crippen LogP contribution in [-0.2, 0) is 19.4 Å². The predicted octanol–water partition coefficient (Wildman–Crippen LogP) is 2.95. The largest absolute Gasteiger partial charge is 0.370 e. The van der Waals surface area contributed by atoms with Crippen LogP contribution in [0.3, 0.4) is 0 Å². The smallest absolute Gasteiger partial charge is 0.191 e. The Morgan fingerprint density at radius 1 is 1.11 bits per heavy atom. The first-order valence-electron chi connectivity index (χ1n) is 9.22. The lowest BCUT2D eigenvalue weighted by atomic mass is 9.96. The zero-order valence-electron chi connectivity index (χ0n) is 15.2. The number of rotatable bonds is 3. The molecule has 0 spiro atoms. The monoisotopic (exact) mass is 485 g/mol. The van der Waals surface area contributed by atoms with E-state index in [1.807, 2.05) is 12.1 Å². The number of halogens is 2. The number of piperazine rings is 1. The van der Waals surface area contributed by atoms with E-state index in [0.29, 0.717) is 12.5 Å². The van der Waals surface area contributed by atoms with Crippen LogP contribution in [0.5, 0.6) is 0 Å². The molecular weight excluding hydrogens is 460 g/mol. The van der Waals surface area contributed by atoms with E-state index in [2.05, 4.69) is 19.9 Å². The van der Waals surface area contributed by atoms with Gasteiger partial charge in [-0.25, -0.2) is 9.38 Å². The summed E-state index contributed by atoms with van der Waals surface area (Å²) in [6, 6.07) is 6.62. The molecule has 4 rings (SSSR count). The van der Waals surface area contributed by atoms with Crippen LogP contribution in [0, 0.1) is 5.82 Å². The van der Waals surface area contributed by atoms with Gasteiger partial charge in [-0.1, -0.05) is 5.16 Å². The molecule has 0 atom stereocenters. The molecule has 27 heavy (non-hydrogen) atoms. The van der Waals surface area contributed by atoms with Gasteiger partial charge >= 0.3 is 0 Å². The SMILES string of the molecule is I.NC(=NCc1noc2c1CCCC2)N1CCN(c2ccc(F)cc2)CC1. The second-order valence-electron chi connectivity index (χ2n) is 6.86. The normalized spacial score (nSPS) is 17.4. The van der Waals surface area contributed by atoms with Crippen molar-refractivity contribution in [2.75, 3.05) is 31.1 Å². The van der Waals surface area contributed by atoms with Crippen molar-refractivity contribution in [1.82, 2.24) is 10.1 Å². The summed E-state index contributed by atoms with van der Waals surface area (Å²) in [4.78, 5) is 8.86. The number of nitrogens with two attached hydrogens (primary N) is 1. The topological polar surface area (TPSA) is 70.9 Å². The Labute approximate surface area is 175 Å². The molecule has 146 valence electrons. The highest BCUT2D eigenvalue weighted by Crippen LogP contribution is 2.24. The maximum absolute atomic E-state index is 13.1. The molecule has 0 bridgehead atoms. The van der Waals surface area contributed by atoms with Crippen molar-refractivity contribution in [3.63, 3.8) is 0 Å². The molecule has 1 aliphatic carbocycles. The Kier molecular flexibility index (Phi) is 6.56. The minimum absolute atomic E-state index is 0. The first kappa shape index (κ1) is 19.9. The van der Waals surface area contributed by atoms with Gasteiger partial charge in [-0.15, -0.1) is 24.0 Å². The number of benzene rings is 1. The summed E-state index contributed by atoms with van der Waals surface area (Å²) in [5.41, 5.74) is 9.39. The van der Waals surface area contributed by atoms with Gasteiger partial charge in [0.1, 0.15) is 17.3 Å². The highest BCUT2D eigenvalue weighted by molar-refractivity contribution is 14.0. The van der Waals surface area contributed by atoms with E-state index in [-0.39, 0.29) is 29.8 Å². The van der Waals surface area contributed by atoms with Crippen LogP contribution in [0.15, 0.2) is 33.8 Å². The van der Waals surface area contributed by atoms with Gasteiger partial charge < -0.3 is 20.1 Å². The fourth-order valence-corrected chi connectivity index (χ4v) is 3.67. The molecule has 0 saturated carbocycles. The molecule has 1 aromatic carbocycles. The van der Waals surface area contributed by atoms with Crippen molar-refractivity contribution in [3.8, 4) is 0 Å². The van der Waals surface area contributed by atoms with Crippen molar-refractivity contribution in [2.45, 2.75) is 32.2 Å². The predicted molar refractivity (Wildman–Crippen MR) is 114 cm³/mol. The van der Waals surface area contributed by atoms with Crippen molar-refractivity contribution in [2.24, 2.45) is 10.7 Å². The summed E-state index contributed by atoms with van der Waals surface area (Å²) in [7, 11) is 0. The van der Waals surface area contributed by atoms with E-state index >= 15 is 0 Å². The van der Waals surface area contributed by atoms with Gasteiger partial charge in [0.2, 0.25) is 0 Å². The second-order valence-corrected chi connectivity index (χ2v) is 6.86. The summed E-state index contributed by atoms with van der Waals surface area (Å²) in [6.07, 6.45) is 4.37. The molecular formula is C19H25FIN5O. The number of anilines is 1. The van der Waals surface area contributed by atoms with Crippen LogP contribution < -0.4 is 10.6 Å². The van der Waals surface area contributed by atoms with Crippen LogP contribution in [-0.4, -0.2) is 42.2 Å². The van der Waals surface area contributed by atoms with Crippen LogP contribution in [0.4, 0.5) is 10.1 Å². The van der Waals surface area contributed by atoms with Crippen LogP contribution in [0.1, 0.15) is 29.9 Å². The Bertz CT molecular complexity index is 784. The number of nitrogens with zero attached hydrogens (tertiary/aromatic N) is 4. The molecule has 8 heteroatoms. The van der Waals surface area contributed by atoms with Gasteiger partial charge in [0.15, 0.2) is 5.96 Å². The number of hydrogen-bond donors (Lipinski definition) is 1. The van der Waals surface area contributed by atoms with Crippen LogP contribution in [0.25, 0.3) is 0 Å². The molecule has 0 amide bonds. The van der Waals surface area contributed by atoms with E-state index < -0.39 is 0 Å². The lowest BCUT2D eigenvalue weighted by Crippen LogP contribution is -2.51. The molecule has 2 aliphatic rings. The van der Waals surface area contributed by atoms with Gasteiger partial charge in [0.25, 0.3) is 0 Å². The fourth-order valence-electron chi connectivity index (χ4n) is 3.67. The minimum Gasteiger partial charge on any atom is -0.370 e. The van der Waals surface area contributed by atoms with E-state index in [1.54, 1.807) is 0 Å². The van der Waals surface area contributed by atoms with Crippen molar-refractivity contribution in [1.29, 1.82) is 0 Å². The number of aromatic nitrogens is 1. The molecule has 1 aromatic heterocycles. The van der Waals surface area contributed by atoms with E-state index in [0.717, 1.165) is 56.2 Å². The molecule has 2 N–H and O–H groups in total. The van der Waals surface area contributed by atoms with E-state index in [9.17, 15) is 4.39 Å². The highest BCUT2D eigenvalue weighted by atomic mass is 127. The van der Waals surface area contributed by atoms with Gasteiger partial charge in [-0.05, 0) is 43.5 Å². The molecule has 2 heterocycles. The molecule has 0 unspecified atom stereocenters. The number of hydrogen-bond acceptors (Lipinski definition) is 4. The quantitative estimate of drug-likeness (QED) is 0.412. The van der Waals surface area contributed by atoms with Crippen LogP contribution in [0.2, 0.25) is 0 Å². The van der Waals surface area contributed by atoms with Gasteiger partial charge in [-0.2, -0.15) is 0 Å². The zero-order chi connectivity index (χ0) is 17.9. The molecule has 1 aliphatic heterocycles. The average Bonchev–Trinajstić information content (AvgIpc) is 3.10. The average molecular weight is 485 g/mol. The Hall–Kier alpha value is -1.84. The van der Waals surface area contributed by atoms with E-state index in [4.69, 9.17) is 10.3 Å². The number of guanidine groups is 1. The maximum atomic E-state index is 13.1. The van der Waals surface area contributed by atoms with Gasteiger partial charge in [0.05, 0.1) is 6.54 Å². The number of fused-ring (bicyclic) bond motifs is 1. The second kappa shape index (κ2) is 8.90. The Morgan fingerprint density at radius 3 is 2.56 bits per heavy atom. The third kappa shape index (κ3) is 4.53. The lowest BCUT2D eigenvalue weighted by molar-refractivity contribution is 0.367. The number of aliphatic imine (C=N–C) groups is 1. The maximum Gasteiger partial charge on any atom is 0.191 e. The molecule has 2 aromatic rings. The molecule has 0 radical (unpaired) electrons. The minimum atomic E-state index is -0.209. The van der Waals surface area contributed by atoms with Crippen molar-refractivity contribution >= 4 is 35.6 Å². The van der Waals surface area contributed by atoms with Gasteiger partial charge in [0, 0.05) is 43.9 Å². The molecule has 6 nitrogen and oxygen atoms in total. The zero-order valence-corrected chi connectivity index (χ0v) is 17.6.